The molecule has 0 amide bonds. The molecule has 94 valence electrons. The molecule has 4 nitrogen and oxygen atoms in total. The second-order valence-electron chi connectivity index (χ2n) is 4.44. The van der Waals surface area contributed by atoms with Crippen LogP contribution in [0.4, 0.5) is 0 Å². The summed E-state index contributed by atoms with van der Waals surface area (Å²) in [5.41, 5.74) is 1.20. The molecular formula is C12H17NO3S. The van der Waals surface area contributed by atoms with Gasteiger partial charge in [-0.25, -0.2) is 8.42 Å². The molecule has 2 N–H and O–H groups in total. The van der Waals surface area contributed by atoms with Gasteiger partial charge in [0.05, 0.1) is 17.6 Å². The first kappa shape index (κ1) is 12.5. The largest absolute Gasteiger partial charge is 0.390 e. The van der Waals surface area contributed by atoms with Gasteiger partial charge in [0.15, 0.2) is 9.84 Å². The normalized spacial score (nSPS) is 27.1. The molecule has 0 saturated carbocycles. The maximum Gasteiger partial charge on any atom is 0.154 e. The lowest BCUT2D eigenvalue weighted by Crippen LogP contribution is -2.39. The number of nitrogens with one attached hydrogen (secondary N) is 1. The summed E-state index contributed by atoms with van der Waals surface area (Å²) in [6, 6.07) is 9.66. The fourth-order valence-electron chi connectivity index (χ4n) is 2.07. The topological polar surface area (TPSA) is 66.4 Å². The van der Waals surface area contributed by atoms with Crippen molar-refractivity contribution in [2.24, 2.45) is 0 Å². The monoisotopic (exact) mass is 255 g/mol. The van der Waals surface area contributed by atoms with E-state index in [2.05, 4.69) is 5.32 Å². The third-order valence-corrected chi connectivity index (χ3v) is 4.70. The first-order valence-electron chi connectivity index (χ1n) is 5.73. The van der Waals surface area contributed by atoms with E-state index in [1.54, 1.807) is 0 Å². The van der Waals surface area contributed by atoms with Crippen molar-refractivity contribution in [2.75, 3.05) is 18.1 Å². The highest BCUT2D eigenvalue weighted by molar-refractivity contribution is 7.91. The van der Waals surface area contributed by atoms with Gasteiger partial charge in [-0.2, -0.15) is 0 Å². The number of aliphatic hydroxyl groups excluding tert-OH is 1. The summed E-state index contributed by atoms with van der Waals surface area (Å²) in [4.78, 5) is 0. The van der Waals surface area contributed by atoms with Crippen LogP contribution >= 0.6 is 0 Å². The number of aliphatic hydroxyl groups is 1. The van der Waals surface area contributed by atoms with Gasteiger partial charge in [-0.1, -0.05) is 30.3 Å². The smallest absolute Gasteiger partial charge is 0.154 e. The van der Waals surface area contributed by atoms with E-state index in [4.69, 9.17) is 0 Å². The van der Waals surface area contributed by atoms with Gasteiger partial charge in [-0.05, 0) is 18.5 Å². The Morgan fingerprint density at radius 2 is 1.94 bits per heavy atom. The van der Waals surface area contributed by atoms with Crippen LogP contribution in [0.15, 0.2) is 30.3 Å². The van der Waals surface area contributed by atoms with Crippen LogP contribution in [-0.2, 0) is 16.3 Å². The van der Waals surface area contributed by atoms with E-state index in [9.17, 15) is 13.5 Å². The Morgan fingerprint density at radius 3 is 2.53 bits per heavy atom. The molecule has 1 aliphatic heterocycles. The van der Waals surface area contributed by atoms with Gasteiger partial charge in [0, 0.05) is 6.04 Å². The molecule has 1 aromatic carbocycles. The zero-order valence-corrected chi connectivity index (χ0v) is 10.4. The number of hydrogen-bond donors (Lipinski definition) is 2. The SMILES string of the molecule is O=S1(=O)C[C@@H](O)[C@H](NCCc2ccccc2)C1. The summed E-state index contributed by atoms with van der Waals surface area (Å²) >= 11 is 0. The summed E-state index contributed by atoms with van der Waals surface area (Å²) in [6.07, 6.45) is 0.0696. The number of rotatable bonds is 4. The molecule has 1 aromatic rings. The van der Waals surface area contributed by atoms with Gasteiger partial charge in [0.2, 0.25) is 0 Å². The zero-order chi connectivity index (χ0) is 12.3. The first-order chi connectivity index (χ1) is 8.07. The highest BCUT2D eigenvalue weighted by Gasteiger charge is 2.35. The van der Waals surface area contributed by atoms with E-state index in [0.717, 1.165) is 6.42 Å². The van der Waals surface area contributed by atoms with E-state index in [0.29, 0.717) is 6.54 Å². The van der Waals surface area contributed by atoms with Crippen molar-refractivity contribution in [1.29, 1.82) is 0 Å². The highest BCUT2D eigenvalue weighted by Crippen LogP contribution is 2.12. The molecule has 1 saturated heterocycles. The molecule has 0 spiro atoms. The second kappa shape index (κ2) is 5.16. The number of hydrogen-bond acceptors (Lipinski definition) is 4. The van der Waals surface area contributed by atoms with Gasteiger partial charge < -0.3 is 10.4 Å². The molecule has 1 aliphatic rings. The van der Waals surface area contributed by atoms with Crippen LogP contribution in [0.1, 0.15) is 5.56 Å². The van der Waals surface area contributed by atoms with Gasteiger partial charge in [-0.15, -0.1) is 0 Å². The van der Waals surface area contributed by atoms with Gasteiger partial charge in [0.1, 0.15) is 0 Å². The Labute approximate surface area is 102 Å². The lowest BCUT2D eigenvalue weighted by atomic mass is 10.1. The Balaban J connectivity index is 1.80. The Morgan fingerprint density at radius 1 is 1.24 bits per heavy atom. The van der Waals surface area contributed by atoms with Gasteiger partial charge >= 0.3 is 0 Å². The van der Waals surface area contributed by atoms with Crippen molar-refractivity contribution in [3.8, 4) is 0 Å². The molecule has 0 unspecified atom stereocenters. The average Bonchev–Trinajstić information content (AvgIpc) is 2.53. The molecule has 1 heterocycles. The summed E-state index contributed by atoms with van der Waals surface area (Å²) < 4.78 is 22.6. The highest BCUT2D eigenvalue weighted by atomic mass is 32.2. The number of benzene rings is 1. The minimum absolute atomic E-state index is 0.0446. The molecule has 2 rings (SSSR count). The van der Waals surface area contributed by atoms with Crippen molar-refractivity contribution >= 4 is 9.84 Å². The Bertz CT molecular complexity index is 458. The molecule has 2 atom stereocenters. The average molecular weight is 255 g/mol. The maximum absolute atomic E-state index is 11.3. The predicted octanol–water partition coefficient (Wildman–Crippen LogP) is -0.0234. The third-order valence-electron chi connectivity index (χ3n) is 2.99. The molecule has 1 fully saturated rings. The molecule has 0 aliphatic carbocycles. The Hall–Kier alpha value is -0.910. The quantitative estimate of drug-likeness (QED) is 0.793. The molecule has 17 heavy (non-hydrogen) atoms. The van der Waals surface area contributed by atoms with Gasteiger partial charge in [-0.3, -0.25) is 0 Å². The van der Waals surface area contributed by atoms with Crippen molar-refractivity contribution < 1.29 is 13.5 Å². The summed E-state index contributed by atoms with van der Waals surface area (Å²) in [5.74, 6) is -0.0705. The Kier molecular flexibility index (Phi) is 3.81. The summed E-state index contributed by atoms with van der Waals surface area (Å²) in [7, 11) is -3.05. The lowest BCUT2D eigenvalue weighted by molar-refractivity contribution is 0.166. The predicted molar refractivity (Wildman–Crippen MR) is 66.6 cm³/mol. The minimum atomic E-state index is -3.05. The van der Waals surface area contributed by atoms with E-state index in [1.807, 2.05) is 30.3 Å². The fraction of sp³-hybridized carbons (Fsp3) is 0.500. The maximum atomic E-state index is 11.3. The summed E-state index contributed by atoms with van der Waals surface area (Å²) in [6.45, 7) is 0.682. The summed E-state index contributed by atoms with van der Waals surface area (Å²) in [5, 5.41) is 12.7. The standard InChI is InChI=1S/C12H17NO3S/c14-12-9-17(15,16)8-11(12)13-7-6-10-4-2-1-3-5-10/h1-5,11-14H,6-9H2/t11-,12-/m1/s1. The van der Waals surface area contributed by atoms with Crippen molar-refractivity contribution in [3.05, 3.63) is 35.9 Å². The first-order valence-corrected chi connectivity index (χ1v) is 7.55. The van der Waals surface area contributed by atoms with Crippen LogP contribution in [0.5, 0.6) is 0 Å². The van der Waals surface area contributed by atoms with Crippen LogP contribution < -0.4 is 5.32 Å². The van der Waals surface area contributed by atoms with Crippen LogP contribution in [0, 0.1) is 0 Å². The second-order valence-corrected chi connectivity index (χ2v) is 6.59. The van der Waals surface area contributed by atoms with E-state index >= 15 is 0 Å². The molecule has 0 radical (unpaired) electrons. The minimum Gasteiger partial charge on any atom is -0.390 e. The van der Waals surface area contributed by atoms with Crippen LogP contribution in [0.25, 0.3) is 0 Å². The van der Waals surface area contributed by atoms with E-state index in [1.165, 1.54) is 5.56 Å². The molecule has 5 heteroatoms. The third kappa shape index (κ3) is 3.52. The fourth-order valence-corrected chi connectivity index (χ4v) is 3.85. The van der Waals surface area contributed by atoms with Crippen LogP contribution in [-0.4, -0.2) is 43.7 Å². The molecular weight excluding hydrogens is 238 g/mol. The van der Waals surface area contributed by atoms with Crippen LogP contribution in [0.3, 0.4) is 0 Å². The number of sulfone groups is 1. The van der Waals surface area contributed by atoms with Gasteiger partial charge in [0.25, 0.3) is 0 Å². The molecule has 0 aromatic heterocycles. The zero-order valence-electron chi connectivity index (χ0n) is 9.54. The lowest BCUT2D eigenvalue weighted by Gasteiger charge is -2.14. The molecule has 0 bridgehead atoms. The van der Waals surface area contributed by atoms with Crippen molar-refractivity contribution in [1.82, 2.24) is 5.32 Å². The van der Waals surface area contributed by atoms with E-state index < -0.39 is 15.9 Å². The van der Waals surface area contributed by atoms with Crippen molar-refractivity contribution in [3.63, 3.8) is 0 Å². The van der Waals surface area contributed by atoms with Crippen LogP contribution in [0.2, 0.25) is 0 Å². The van der Waals surface area contributed by atoms with E-state index in [-0.39, 0.29) is 17.5 Å². The van der Waals surface area contributed by atoms with Crippen molar-refractivity contribution in [2.45, 2.75) is 18.6 Å².